The Kier molecular flexibility index (Phi) is 4.99. The number of nitrogens with zero attached hydrogens (tertiary/aromatic N) is 3. The van der Waals surface area contributed by atoms with E-state index in [2.05, 4.69) is 22.8 Å². The number of piperidine rings is 1. The van der Waals surface area contributed by atoms with Crippen LogP contribution in [-0.2, 0) is 7.05 Å². The number of likely N-dealkylation sites (tertiary alicyclic amines) is 2. The summed E-state index contributed by atoms with van der Waals surface area (Å²) in [4.78, 5) is 17.1. The van der Waals surface area contributed by atoms with E-state index in [-0.39, 0.29) is 5.56 Å². The lowest BCUT2D eigenvalue weighted by molar-refractivity contribution is 0.149. The molecule has 4 nitrogen and oxygen atoms in total. The summed E-state index contributed by atoms with van der Waals surface area (Å²) >= 11 is 0. The lowest BCUT2D eigenvalue weighted by Crippen LogP contribution is -2.43. The molecule has 122 valence electrons. The molecule has 1 unspecified atom stereocenters. The fourth-order valence-electron chi connectivity index (χ4n) is 4.08. The molecule has 2 saturated heterocycles. The Hall–Kier alpha value is -1.13. The van der Waals surface area contributed by atoms with Gasteiger partial charge in [0.15, 0.2) is 0 Å². The second-order valence-corrected chi connectivity index (χ2v) is 6.91. The monoisotopic (exact) mass is 303 g/mol. The molecule has 0 N–H and O–H groups in total. The first-order valence-electron chi connectivity index (χ1n) is 8.80. The van der Waals surface area contributed by atoms with Gasteiger partial charge in [0.2, 0.25) is 0 Å². The molecule has 1 aromatic rings. The van der Waals surface area contributed by atoms with Crippen LogP contribution in [0.3, 0.4) is 0 Å². The third-order valence-electron chi connectivity index (χ3n) is 5.56. The molecule has 0 spiro atoms. The van der Waals surface area contributed by atoms with Gasteiger partial charge >= 0.3 is 0 Å². The van der Waals surface area contributed by atoms with Crippen molar-refractivity contribution in [1.82, 2.24) is 14.4 Å². The number of hydrogen-bond acceptors (Lipinski definition) is 3. The number of hydrogen-bond donors (Lipinski definition) is 0. The van der Waals surface area contributed by atoms with Crippen LogP contribution in [0.1, 0.15) is 44.1 Å². The Morgan fingerprint density at radius 3 is 2.64 bits per heavy atom. The highest BCUT2D eigenvalue weighted by molar-refractivity contribution is 5.17. The van der Waals surface area contributed by atoms with Gasteiger partial charge in [0.1, 0.15) is 0 Å². The maximum atomic E-state index is 11.8. The van der Waals surface area contributed by atoms with E-state index in [0.717, 1.165) is 6.04 Å². The van der Waals surface area contributed by atoms with Crippen molar-refractivity contribution >= 4 is 0 Å². The largest absolute Gasteiger partial charge is 0.319 e. The van der Waals surface area contributed by atoms with E-state index in [1.165, 1.54) is 64.0 Å². The Bertz CT molecular complexity index is 546. The zero-order chi connectivity index (χ0) is 15.5. The van der Waals surface area contributed by atoms with Gasteiger partial charge in [0.05, 0.1) is 0 Å². The first kappa shape index (κ1) is 15.8. The van der Waals surface area contributed by atoms with E-state index in [9.17, 15) is 4.79 Å². The normalized spacial score (nSPS) is 24.9. The highest BCUT2D eigenvalue weighted by Gasteiger charge is 2.27. The van der Waals surface area contributed by atoms with E-state index in [1.807, 2.05) is 19.3 Å². The van der Waals surface area contributed by atoms with Crippen molar-refractivity contribution in [3.05, 3.63) is 34.2 Å². The molecule has 0 amide bonds. The summed E-state index contributed by atoms with van der Waals surface area (Å²) in [6, 6.07) is 4.72. The van der Waals surface area contributed by atoms with Crippen LogP contribution in [0.4, 0.5) is 0 Å². The number of aryl methyl sites for hydroxylation is 1. The zero-order valence-electron chi connectivity index (χ0n) is 14.0. The minimum atomic E-state index is 0.115. The van der Waals surface area contributed by atoms with E-state index in [0.29, 0.717) is 5.92 Å². The minimum Gasteiger partial charge on any atom is -0.319 e. The van der Waals surface area contributed by atoms with Crippen LogP contribution in [0.15, 0.2) is 23.1 Å². The highest BCUT2D eigenvalue weighted by atomic mass is 16.1. The molecule has 0 bridgehead atoms. The van der Waals surface area contributed by atoms with E-state index < -0.39 is 0 Å². The van der Waals surface area contributed by atoms with E-state index in [1.54, 1.807) is 4.57 Å². The average Bonchev–Trinajstić information content (AvgIpc) is 2.98. The van der Waals surface area contributed by atoms with Crippen molar-refractivity contribution in [1.29, 1.82) is 0 Å². The number of likely N-dealkylation sites (N-methyl/N-ethyl adjacent to an activating group) is 1. The lowest BCUT2D eigenvalue weighted by atomic mass is 9.90. The molecule has 0 aromatic carbocycles. The number of aromatic nitrogens is 1. The van der Waals surface area contributed by atoms with Crippen LogP contribution in [0.5, 0.6) is 0 Å². The Morgan fingerprint density at radius 2 is 1.95 bits per heavy atom. The van der Waals surface area contributed by atoms with Gasteiger partial charge in [-0.15, -0.1) is 0 Å². The molecule has 2 aliphatic heterocycles. The molecule has 3 rings (SSSR count). The Morgan fingerprint density at radius 1 is 1.18 bits per heavy atom. The molecule has 2 aliphatic rings. The summed E-state index contributed by atoms with van der Waals surface area (Å²) in [5.41, 5.74) is 1.35. The minimum absolute atomic E-state index is 0.115. The molecule has 1 aromatic heterocycles. The zero-order valence-corrected chi connectivity index (χ0v) is 14.0. The molecule has 3 heterocycles. The van der Waals surface area contributed by atoms with Gasteiger partial charge in [0.25, 0.3) is 5.56 Å². The molecule has 2 fully saturated rings. The molecule has 4 heteroatoms. The summed E-state index contributed by atoms with van der Waals surface area (Å²) in [7, 11) is 1.82. The van der Waals surface area contributed by atoms with Crippen molar-refractivity contribution in [2.45, 2.75) is 44.6 Å². The van der Waals surface area contributed by atoms with Crippen LogP contribution < -0.4 is 5.56 Å². The van der Waals surface area contributed by atoms with E-state index >= 15 is 0 Å². The van der Waals surface area contributed by atoms with Crippen molar-refractivity contribution in [3.63, 3.8) is 0 Å². The van der Waals surface area contributed by atoms with Crippen molar-refractivity contribution < 1.29 is 0 Å². The third kappa shape index (κ3) is 3.44. The molecular formula is C18H29N3O. The van der Waals surface area contributed by atoms with Gasteiger partial charge in [-0.3, -0.25) is 9.69 Å². The van der Waals surface area contributed by atoms with E-state index in [4.69, 9.17) is 0 Å². The summed E-state index contributed by atoms with van der Waals surface area (Å²) < 4.78 is 1.65. The maximum absolute atomic E-state index is 11.8. The second-order valence-electron chi connectivity index (χ2n) is 6.91. The van der Waals surface area contributed by atoms with Crippen LogP contribution in [0, 0.1) is 0 Å². The fourth-order valence-corrected chi connectivity index (χ4v) is 4.08. The van der Waals surface area contributed by atoms with Crippen LogP contribution in [0.25, 0.3) is 0 Å². The average molecular weight is 303 g/mol. The second kappa shape index (κ2) is 6.97. The topological polar surface area (TPSA) is 28.5 Å². The quantitative estimate of drug-likeness (QED) is 0.852. The Balaban J connectivity index is 1.54. The standard InChI is InChI=1S/C18H29N3O/c1-3-21-9-4-5-17(21)14-20-11-7-15(8-12-20)16-6-10-19(2)18(22)13-16/h6,10,13,15,17H,3-5,7-9,11-12,14H2,1-2H3. The molecular weight excluding hydrogens is 274 g/mol. The molecule has 0 radical (unpaired) electrons. The maximum Gasteiger partial charge on any atom is 0.250 e. The Labute approximate surface area is 133 Å². The molecule has 0 aliphatic carbocycles. The molecule has 0 saturated carbocycles. The highest BCUT2D eigenvalue weighted by Crippen LogP contribution is 2.28. The first-order chi connectivity index (χ1) is 10.7. The van der Waals surface area contributed by atoms with Crippen molar-refractivity contribution in [2.24, 2.45) is 7.05 Å². The fraction of sp³-hybridized carbons (Fsp3) is 0.722. The number of rotatable bonds is 4. The van der Waals surface area contributed by atoms with Crippen molar-refractivity contribution in [3.8, 4) is 0 Å². The predicted octanol–water partition coefficient (Wildman–Crippen LogP) is 2.05. The third-order valence-corrected chi connectivity index (χ3v) is 5.56. The van der Waals surface area contributed by atoms with Gasteiger partial charge in [-0.25, -0.2) is 0 Å². The lowest BCUT2D eigenvalue weighted by Gasteiger charge is -2.35. The summed E-state index contributed by atoms with van der Waals surface area (Å²) in [5.74, 6) is 0.566. The van der Waals surface area contributed by atoms with Gasteiger partial charge in [-0.1, -0.05) is 6.92 Å². The van der Waals surface area contributed by atoms with Crippen LogP contribution in [0.2, 0.25) is 0 Å². The predicted molar refractivity (Wildman–Crippen MR) is 90.4 cm³/mol. The smallest absolute Gasteiger partial charge is 0.250 e. The van der Waals surface area contributed by atoms with Crippen LogP contribution in [-0.4, -0.2) is 53.1 Å². The summed E-state index contributed by atoms with van der Waals surface area (Å²) in [6.07, 6.45) is 7.00. The summed E-state index contributed by atoms with van der Waals surface area (Å²) in [5, 5.41) is 0. The number of pyridine rings is 1. The van der Waals surface area contributed by atoms with Gasteiger partial charge in [-0.2, -0.15) is 0 Å². The van der Waals surface area contributed by atoms with Crippen molar-refractivity contribution in [2.75, 3.05) is 32.7 Å². The first-order valence-corrected chi connectivity index (χ1v) is 8.80. The van der Waals surface area contributed by atoms with Gasteiger partial charge in [-0.05, 0) is 69.4 Å². The SMILES string of the molecule is CCN1CCCC1CN1CCC(c2ccn(C)c(=O)c2)CC1. The van der Waals surface area contributed by atoms with Gasteiger partial charge in [0, 0.05) is 31.9 Å². The summed E-state index contributed by atoms with van der Waals surface area (Å²) in [6.45, 7) is 8.33. The molecule has 1 atom stereocenters. The van der Waals surface area contributed by atoms with Crippen LogP contribution >= 0.6 is 0 Å². The van der Waals surface area contributed by atoms with Gasteiger partial charge < -0.3 is 9.47 Å². The molecule has 22 heavy (non-hydrogen) atoms.